The van der Waals surface area contributed by atoms with Crippen molar-refractivity contribution in [1.29, 1.82) is 0 Å². The third kappa shape index (κ3) is 7.95. The highest BCUT2D eigenvalue weighted by atomic mass is 16.7. The maximum atomic E-state index is 13.3. The molecule has 0 saturated heterocycles. The number of benzene rings is 1. The van der Waals surface area contributed by atoms with E-state index in [1.165, 1.54) is 4.57 Å². The minimum absolute atomic E-state index is 0.330. The number of nitrogens with one attached hydrogen (secondary N) is 1. The van der Waals surface area contributed by atoms with Gasteiger partial charge in [0.2, 0.25) is 0 Å². The first-order chi connectivity index (χ1) is 17.0. The summed E-state index contributed by atoms with van der Waals surface area (Å²) in [5.41, 5.74) is -0.393. The summed E-state index contributed by atoms with van der Waals surface area (Å²) in [6.07, 6.45) is -0.00449. The molecule has 1 amide bonds. The van der Waals surface area contributed by atoms with Gasteiger partial charge in [0.05, 0.1) is 5.52 Å². The Morgan fingerprint density at radius 1 is 1.00 bits per heavy atom. The van der Waals surface area contributed by atoms with Crippen LogP contribution in [0.5, 0.6) is 0 Å². The van der Waals surface area contributed by atoms with Gasteiger partial charge in [-0.15, -0.1) is 0 Å². The van der Waals surface area contributed by atoms with Gasteiger partial charge in [0.15, 0.2) is 0 Å². The second kappa shape index (κ2) is 12.0. The molecule has 2 rings (SSSR count). The standard InChI is InChI=1S/C28H43N3O6/c1-18(2)23(35-24(32)28(8,19(3)4)29-25(33)37-27(5,6)7)36-26(34)31-17-20(15-16-30(9)10)21-13-11-12-14-22(21)31/h11-14,17-19,23H,15-16H2,1-10H3,(H,29,33). The number of rotatable bonds is 9. The first kappa shape index (κ1) is 30.2. The number of likely N-dealkylation sites (N-methyl/N-ethyl adjacent to an activating group) is 1. The number of ether oxygens (including phenoxy) is 3. The van der Waals surface area contributed by atoms with Gasteiger partial charge in [-0.25, -0.2) is 14.4 Å². The number of fused-ring (bicyclic) bond motifs is 1. The second-order valence-electron chi connectivity index (χ2n) is 11.5. The van der Waals surface area contributed by atoms with Gasteiger partial charge >= 0.3 is 18.2 Å². The molecule has 1 N–H and O–H groups in total. The van der Waals surface area contributed by atoms with Crippen molar-refractivity contribution in [3.05, 3.63) is 36.0 Å². The number of carbonyl (C=O) groups is 3. The molecule has 0 aliphatic rings. The Balaban J connectivity index is 2.26. The maximum Gasteiger partial charge on any atom is 0.421 e. The number of alkyl carbamates (subject to hydrolysis) is 1. The van der Waals surface area contributed by atoms with Gasteiger partial charge in [-0.1, -0.05) is 45.9 Å². The third-order valence-electron chi connectivity index (χ3n) is 6.14. The van der Waals surface area contributed by atoms with Crippen LogP contribution in [0, 0.1) is 11.8 Å². The number of amides is 1. The molecule has 9 heteroatoms. The summed E-state index contributed by atoms with van der Waals surface area (Å²) >= 11 is 0. The largest absolute Gasteiger partial charge is 0.444 e. The molecule has 1 aromatic heterocycles. The zero-order chi connectivity index (χ0) is 28.1. The van der Waals surface area contributed by atoms with Gasteiger partial charge < -0.3 is 24.4 Å². The molecule has 1 aromatic carbocycles. The lowest BCUT2D eigenvalue weighted by Gasteiger charge is -2.34. The van der Waals surface area contributed by atoms with Crippen molar-refractivity contribution in [1.82, 2.24) is 14.8 Å². The van der Waals surface area contributed by atoms with Gasteiger partial charge in [-0.3, -0.25) is 4.57 Å². The molecule has 0 bridgehead atoms. The van der Waals surface area contributed by atoms with Crippen molar-refractivity contribution in [2.75, 3.05) is 20.6 Å². The zero-order valence-electron chi connectivity index (χ0n) is 23.9. The summed E-state index contributed by atoms with van der Waals surface area (Å²) < 4.78 is 18.2. The molecule has 0 radical (unpaired) electrons. The number of esters is 1. The van der Waals surface area contributed by atoms with Crippen molar-refractivity contribution >= 4 is 29.1 Å². The molecular weight excluding hydrogens is 474 g/mol. The van der Waals surface area contributed by atoms with Crippen molar-refractivity contribution < 1.29 is 28.6 Å². The van der Waals surface area contributed by atoms with Crippen LogP contribution in [-0.2, 0) is 25.4 Å². The quantitative estimate of drug-likeness (QED) is 0.361. The van der Waals surface area contributed by atoms with Crippen molar-refractivity contribution in [2.24, 2.45) is 11.8 Å². The number of nitrogens with zero attached hydrogens (tertiary/aromatic N) is 2. The van der Waals surface area contributed by atoms with Gasteiger partial charge in [0.25, 0.3) is 6.29 Å². The Morgan fingerprint density at radius 2 is 1.62 bits per heavy atom. The summed E-state index contributed by atoms with van der Waals surface area (Å²) in [4.78, 5) is 41.1. The van der Waals surface area contributed by atoms with Gasteiger partial charge in [-0.05, 0) is 65.8 Å². The smallest absolute Gasteiger partial charge is 0.421 e. The first-order valence-corrected chi connectivity index (χ1v) is 12.7. The van der Waals surface area contributed by atoms with Gasteiger partial charge in [0.1, 0.15) is 11.1 Å². The molecule has 2 aromatic rings. The highest BCUT2D eigenvalue weighted by Crippen LogP contribution is 2.25. The van der Waals surface area contributed by atoms with Gasteiger partial charge in [0, 0.05) is 24.0 Å². The fraction of sp³-hybridized carbons (Fsp3) is 0.607. The molecule has 0 spiro atoms. The van der Waals surface area contributed by atoms with Gasteiger partial charge in [-0.2, -0.15) is 0 Å². The summed E-state index contributed by atoms with van der Waals surface area (Å²) in [7, 11) is 4.00. The molecule has 9 nitrogen and oxygen atoms in total. The van der Waals surface area contributed by atoms with E-state index in [1.807, 2.05) is 38.4 Å². The lowest BCUT2D eigenvalue weighted by molar-refractivity contribution is -0.183. The molecule has 2 atom stereocenters. The highest BCUT2D eigenvalue weighted by molar-refractivity contribution is 5.92. The summed E-state index contributed by atoms with van der Waals surface area (Å²) in [6.45, 7) is 14.8. The number of hydrogen-bond acceptors (Lipinski definition) is 7. The fourth-order valence-corrected chi connectivity index (χ4v) is 3.57. The molecule has 0 fully saturated rings. The summed E-state index contributed by atoms with van der Waals surface area (Å²) in [5.74, 6) is -1.38. The first-order valence-electron chi connectivity index (χ1n) is 12.7. The van der Waals surface area contributed by atoms with Crippen LogP contribution in [-0.4, -0.2) is 65.7 Å². The van der Waals surface area contributed by atoms with Crippen LogP contribution in [0.15, 0.2) is 30.5 Å². The Hall–Kier alpha value is -3.07. The van der Waals surface area contributed by atoms with E-state index in [4.69, 9.17) is 14.2 Å². The fourth-order valence-electron chi connectivity index (χ4n) is 3.57. The SMILES string of the molecule is CC(C)C(OC(=O)n1cc(CCN(C)C)c2ccccc21)OC(=O)C(C)(NC(=O)OC(C)(C)C)C(C)C. The zero-order valence-corrected chi connectivity index (χ0v) is 23.9. The van der Waals surface area contributed by atoms with Crippen molar-refractivity contribution in [2.45, 2.75) is 79.2 Å². The van der Waals surface area contributed by atoms with E-state index in [0.29, 0.717) is 5.52 Å². The molecule has 0 aliphatic carbocycles. The third-order valence-corrected chi connectivity index (χ3v) is 6.14. The van der Waals surface area contributed by atoms with Crippen LogP contribution in [0.3, 0.4) is 0 Å². The van der Waals surface area contributed by atoms with Crippen molar-refractivity contribution in [3.8, 4) is 0 Å². The van der Waals surface area contributed by atoms with E-state index in [1.54, 1.807) is 61.6 Å². The van der Waals surface area contributed by atoms with Crippen LogP contribution in [0.2, 0.25) is 0 Å². The average Bonchev–Trinajstić information content (AvgIpc) is 3.14. The normalized spacial score (nSPS) is 14.5. The second-order valence-corrected chi connectivity index (χ2v) is 11.5. The van der Waals surface area contributed by atoms with E-state index in [0.717, 1.165) is 23.9 Å². The number of para-hydroxylation sites is 1. The van der Waals surface area contributed by atoms with E-state index in [2.05, 4.69) is 10.2 Å². The molecular formula is C28H43N3O6. The molecule has 0 saturated carbocycles. The summed E-state index contributed by atoms with van der Waals surface area (Å²) in [5, 5.41) is 3.61. The van der Waals surface area contributed by atoms with Crippen LogP contribution >= 0.6 is 0 Å². The molecule has 37 heavy (non-hydrogen) atoms. The lowest BCUT2D eigenvalue weighted by Crippen LogP contribution is -2.58. The Labute approximate surface area is 220 Å². The van der Waals surface area contributed by atoms with Crippen molar-refractivity contribution in [3.63, 3.8) is 0 Å². The molecule has 206 valence electrons. The average molecular weight is 518 g/mol. The Bertz CT molecular complexity index is 1100. The van der Waals surface area contributed by atoms with E-state index < -0.39 is 35.6 Å². The Morgan fingerprint density at radius 3 is 2.16 bits per heavy atom. The van der Waals surface area contributed by atoms with E-state index >= 15 is 0 Å². The van der Waals surface area contributed by atoms with E-state index in [-0.39, 0.29) is 11.8 Å². The maximum absolute atomic E-state index is 13.3. The topological polar surface area (TPSA) is 99.1 Å². The summed E-state index contributed by atoms with van der Waals surface area (Å²) in [6, 6.07) is 7.62. The molecule has 2 unspecified atom stereocenters. The Kier molecular flexibility index (Phi) is 9.77. The minimum atomic E-state index is -1.40. The predicted molar refractivity (Wildman–Crippen MR) is 143 cm³/mol. The highest BCUT2D eigenvalue weighted by Gasteiger charge is 2.43. The van der Waals surface area contributed by atoms with Crippen LogP contribution in [0.4, 0.5) is 9.59 Å². The predicted octanol–water partition coefficient (Wildman–Crippen LogP) is 5.19. The lowest BCUT2D eigenvalue weighted by atomic mass is 9.88. The number of carbonyl (C=O) groups excluding carboxylic acids is 3. The monoisotopic (exact) mass is 517 g/mol. The molecule has 1 heterocycles. The minimum Gasteiger partial charge on any atom is -0.444 e. The van der Waals surface area contributed by atoms with Crippen LogP contribution in [0.25, 0.3) is 10.9 Å². The number of aromatic nitrogens is 1. The van der Waals surface area contributed by atoms with Crippen LogP contribution in [0.1, 0.15) is 61.0 Å². The molecule has 0 aliphatic heterocycles. The number of hydrogen-bond donors (Lipinski definition) is 1. The van der Waals surface area contributed by atoms with Crippen LogP contribution < -0.4 is 5.32 Å². The van der Waals surface area contributed by atoms with E-state index in [9.17, 15) is 14.4 Å².